The first-order valence-corrected chi connectivity index (χ1v) is 8.24. The standard InChI is InChI=1S/C18H22N4O2/c1-19-18(23)14-5-6-15(21-11-14)12-24-17-4-2-3-16(22-17)13-7-9-20-10-8-13/h2-6,11,13,20H,7-10,12H2,1H3,(H,19,23). The van der Waals surface area contributed by atoms with Crippen molar-refractivity contribution < 1.29 is 9.53 Å². The lowest BCUT2D eigenvalue weighted by atomic mass is 9.94. The van der Waals surface area contributed by atoms with Crippen LogP contribution in [0.4, 0.5) is 0 Å². The zero-order valence-corrected chi connectivity index (χ0v) is 13.8. The molecule has 0 aliphatic carbocycles. The van der Waals surface area contributed by atoms with Crippen LogP contribution in [0.25, 0.3) is 0 Å². The van der Waals surface area contributed by atoms with Gasteiger partial charge in [-0.3, -0.25) is 9.78 Å². The van der Waals surface area contributed by atoms with Gasteiger partial charge in [-0.2, -0.15) is 0 Å². The smallest absolute Gasteiger partial charge is 0.252 e. The molecule has 0 atom stereocenters. The van der Waals surface area contributed by atoms with E-state index in [1.807, 2.05) is 12.1 Å². The van der Waals surface area contributed by atoms with Gasteiger partial charge in [0.25, 0.3) is 5.91 Å². The van der Waals surface area contributed by atoms with Crippen LogP contribution in [0.2, 0.25) is 0 Å². The van der Waals surface area contributed by atoms with Crippen LogP contribution in [-0.4, -0.2) is 36.0 Å². The van der Waals surface area contributed by atoms with Crippen LogP contribution in [0.1, 0.15) is 40.5 Å². The van der Waals surface area contributed by atoms with Crippen molar-refractivity contribution in [1.29, 1.82) is 0 Å². The van der Waals surface area contributed by atoms with Crippen molar-refractivity contribution in [3.63, 3.8) is 0 Å². The van der Waals surface area contributed by atoms with Gasteiger partial charge in [-0.25, -0.2) is 4.98 Å². The Balaban J connectivity index is 1.61. The Kier molecular flexibility index (Phi) is 5.38. The lowest BCUT2D eigenvalue weighted by molar-refractivity contribution is 0.0962. The van der Waals surface area contributed by atoms with Crippen molar-refractivity contribution in [3.8, 4) is 5.88 Å². The van der Waals surface area contributed by atoms with Crippen LogP contribution in [0, 0.1) is 0 Å². The fraction of sp³-hybridized carbons (Fsp3) is 0.389. The van der Waals surface area contributed by atoms with Gasteiger partial charge in [0, 0.05) is 30.9 Å². The van der Waals surface area contributed by atoms with Crippen molar-refractivity contribution in [2.24, 2.45) is 0 Å². The number of piperidine rings is 1. The second-order valence-corrected chi connectivity index (χ2v) is 5.83. The number of carbonyl (C=O) groups is 1. The van der Waals surface area contributed by atoms with E-state index in [1.54, 1.807) is 25.4 Å². The third-order valence-corrected chi connectivity index (χ3v) is 4.18. The highest BCUT2D eigenvalue weighted by Crippen LogP contribution is 2.25. The van der Waals surface area contributed by atoms with Gasteiger partial charge >= 0.3 is 0 Å². The fourth-order valence-electron chi connectivity index (χ4n) is 2.79. The van der Waals surface area contributed by atoms with Crippen LogP contribution in [0.5, 0.6) is 5.88 Å². The van der Waals surface area contributed by atoms with Crippen molar-refractivity contribution in [2.75, 3.05) is 20.1 Å². The van der Waals surface area contributed by atoms with Gasteiger partial charge < -0.3 is 15.4 Å². The topological polar surface area (TPSA) is 76.1 Å². The Bertz CT molecular complexity index is 682. The van der Waals surface area contributed by atoms with Crippen molar-refractivity contribution in [1.82, 2.24) is 20.6 Å². The van der Waals surface area contributed by atoms with E-state index in [9.17, 15) is 4.79 Å². The maximum absolute atomic E-state index is 11.5. The summed E-state index contributed by atoms with van der Waals surface area (Å²) in [4.78, 5) is 20.4. The minimum atomic E-state index is -0.147. The third-order valence-electron chi connectivity index (χ3n) is 4.18. The molecule has 0 unspecified atom stereocenters. The van der Waals surface area contributed by atoms with Crippen LogP contribution in [0.3, 0.4) is 0 Å². The number of hydrogen-bond donors (Lipinski definition) is 2. The van der Waals surface area contributed by atoms with Crippen molar-refractivity contribution >= 4 is 5.91 Å². The van der Waals surface area contributed by atoms with E-state index in [0.29, 0.717) is 24.0 Å². The first-order valence-electron chi connectivity index (χ1n) is 8.24. The van der Waals surface area contributed by atoms with Gasteiger partial charge in [0.2, 0.25) is 5.88 Å². The summed E-state index contributed by atoms with van der Waals surface area (Å²) in [5.41, 5.74) is 2.39. The maximum Gasteiger partial charge on any atom is 0.252 e. The van der Waals surface area contributed by atoms with Crippen LogP contribution < -0.4 is 15.4 Å². The van der Waals surface area contributed by atoms with Gasteiger partial charge in [0.15, 0.2) is 0 Å². The molecular formula is C18H22N4O2. The fourth-order valence-corrected chi connectivity index (χ4v) is 2.79. The number of rotatable bonds is 5. The first-order chi connectivity index (χ1) is 11.8. The Morgan fingerprint density at radius 2 is 2.12 bits per heavy atom. The summed E-state index contributed by atoms with van der Waals surface area (Å²) >= 11 is 0. The number of ether oxygens (including phenoxy) is 1. The van der Waals surface area contributed by atoms with E-state index in [2.05, 4.69) is 26.7 Å². The summed E-state index contributed by atoms with van der Waals surface area (Å²) in [5, 5.41) is 5.94. The van der Waals surface area contributed by atoms with E-state index >= 15 is 0 Å². The SMILES string of the molecule is CNC(=O)c1ccc(COc2cccc(C3CCNCC3)n2)nc1. The molecular weight excluding hydrogens is 304 g/mol. The molecule has 0 aromatic carbocycles. The maximum atomic E-state index is 11.5. The number of nitrogens with one attached hydrogen (secondary N) is 2. The Morgan fingerprint density at radius 3 is 2.83 bits per heavy atom. The average molecular weight is 326 g/mol. The highest BCUT2D eigenvalue weighted by atomic mass is 16.5. The lowest BCUT2D eigenvalue weighted by Gasteiger charge is -2.22. The predicted octanol–water partition coefficient (Wildman–Crippen LogP) is 1.88. The molecule has 0 bridgehead atoms. The van der Waals surface area contributed by atoms with E-state index in [0.717, 1.165) is 37.3 Å². The molecule has 1 aliphatic rings. The number of aromatic nitrogens is 2. The predicted molar refractivity (Wildman–Crippen MR) is 91.0 cm³/mol. The molecule has 2 N–H and O–H groups in total. The van der Waals surface area contributed by atoms with Crippen molar-refractivity contribution in [3.05, 3.63) is 53.5 Å². The Morgan fingerprint density at radius 1 is 1.29 bits per heavy atom. The Hall–Kier alpha value is -2.47. The quantitative estimate of drug-likeness (QED) is 0.877. The molecule has 2 aromatic rings. The van der Waals surface area contributed by atoms with Crippen molar-refractivity contribution in [2.45, 2.75) is 25.4 Å². The Labute approximate surface area is 141 Å². The molecule has 6 nitrogen and oxygen atoms in total. The number of carbonyl (C=O) groups excluding carboxylic acids is 1. The second-order valence-electron chi connectivity index (χ2n) is 5.83. The lowest BCUT2D eigenvalue weighted by Crippen LogP contribution is -2.27. The summed E-state index contributed by atoms with van der Waals surface area (Å²) in [6, 6.07) is 9.45. The summed E-state index contributed by atoms with van der Waals surface area (Å²) in [7, 11) is 1.60. The van der Waals surface area contributed by atoms with E-state index in [4.69, 9.17) is 4.74 Å². The van der Waals surface area contributed by atoms with Crippen LogP contribution in [0.15, 0.2) is 36.5 Å². The highest BCUT2D eigenvalue weighted by molar-refractivity contribution is 5.93. The number of amides is 1. The zero-order valence-electron chi connectivity index (χ0n) is 13.8. The monoisotopic (exact) mass is 326 g/mol. The van der Waals surface area contributed by atoms with Gasteiger partial charge in [-0.05, 0) is 44.1 Å². The molecule has 3 heterocycles. The molecule has 2 aromatic heterocycles. The second kappa shape index (κ2) is 7.88. The molecule has 1 saturated heterocycles. The van der Waals surface area contributed by atoms with Crippen LogP contribution >= 0.6 is 0 Å². The molecule has 0 spiro atoms. The van der Waals surface area contributed by atoms with Gasteiger partial charge in [0.05, 0.1) is 11.3 Å². The average Bonchev–Trinajstić information content (AvgIpc) is 2.67. The van der Waals surface area contributed by atoms with Gasteiger partial charge in [0.1, 0.15) is 6.61 Å². The molecule has 1 fully saturated rings. The molecule has 1 amide bonds. The molecule has 6 heteroatoms. The highest BCUT2D eigenvalue weighted by Gasteiger charge is 2.16. The van der Waals surface area contributed by atoms with Gasteiger partial charge in [-0.15, -0.1) is 0 Å². The van der Waals surface area contributed by atoms with Gasteiger partial charge in [-0.1, -0.05) is 6.07 Å². The van der Waals surface area contributed by atoms with E-state index < -0.39 is 0 Å². The normalized spacial score (nSPS) is 15.0. The third kappa shape index (κ3) is 4.08. The number of hydrogen-bond acceptors (Lipinski definition) is 5. The molecule has 0 radical (unpaired) electrons. The largest absolute Gasteiger partial charge is 0.471 e. The summed E-state index contributed by atoms with van der Waals surface area (Å²) in [6.45, 7) is 2.41. The number of nitrogens with zero attached hydrogens (tertiary/aromatic N) is 2. The molecule has 24 heavy (non-hydrogen) atoms. The first kappa shape index (κ1) is 16.4. The molecule has 126 valence electrons. The number of pyridine rings is 2. The van der Waals surface area contributed by atoms with E-state index in [-0.39, 0.29) is 5.91 Å². The summed E-state index contributed by atoms with van der Waals surface area (Å²) in [5.74, 6) is 0.967. The van der Waals surface area contributed by atoms with Crippen LogP contribution in [-0.2, 0) is 6.61 Å². The molecule has 0 saturated carbocycles. The molecule has 1 aliphatic heterocycles. The minimum absolute atomic E-state index is 0.147. The molecule has 3 rings (SSSR count). The van der Waals surface area contributed by atoms with E-state index in [1.165, 1.54) is 0 Å². The summed E-state index contributed by atoms with van der Waals surface area (Å²) < 4.78 is 5.76. The zero-order chi connectivity index (χ0) is 16.8. The summed E-state index contributed by atoms with van der Waals surface area (Å²) in [6.07, 6.45) is 3.77. The minimum Gasteiger partial charge on any atom is -0.471 e.